The Morgan fingerprint density at radius 3 is 2.76 bits per heavy atom. The molecule has 0 aliphatic rings. The highest BCUT2D eigenvalue weighted by molar-refractivity contribution is 5.92. The van der Waals surface area contributed by atoms with Gasteiger partial charge in [-0.1, -0.05) is 31.2 Å². The molecule has 0 spiro atoms. The Balaban J connectivity index is 1.97. The van der Waals surface area contributed by atoms with Gasteiger partial charge in [-0.15, -0.1) is 0 Å². The van der Waals surface area contributed by atoms with E-state index in [0.29, 0.717) is 5.75 Å². The molecule has 2 aromatic carbocycles. The lowest BCUT2D eigenvalue weighted by atomic mass is 10.1. The normalized spacial score (nSPS) is 10.2. The van der Waals surface area contributed by atoms with Gasteiger partial charge in [0.15, 0.2) is 6.61 Å². The van der Waals surface area contributed by atoms with Gasteiger partial charge in [0, 0.05) is 0 Å². The molecule has 110 valence electrons. The van der Waals surface area contributed by atoms with Crippen LogP contribution in [0.4, 0.5) is 10.1 Å². The highest BCUT2D eigenvalue weighted by Crippen LogP contribution is 2.19. The second-order valence-electron chi connectivity index (χ2n) is 4.78. The molecule has 0 fully saturated rings. The Hall–Kier alpha value is -2.36. The van der Waals surface area contributed by atoms with Crippen LogP contribution in [0.2, 0.25) is 0 Å². The number of rotatable bonds is 5. The first-order chi connectivity index (χ1) is 10.1. The number of aryl methyl sites for hydroxylation is 2. The molecule has 0 unspecified atom stereocenters. The van der Waals surface area contributed by atoms with Crippen LogP contribution in [0.3, 0.4) is 0 Å². The van der Waals surface area contributed by atoms with E-state index in [4.69, 9.17) is 4.74 Å². The largest absolute Gasteiger partial charge is 0.483 e. The molecule has 0 atom stereocenters. The first kappa shape index (κ1) is 15.0. The third-order valence-corrected chi connectivity index (χ3v) is 3.11. The number of hydrogen-bond acceptors (Lipinski definition) is 2. The fraction of sp³-hybridized carbons (Fsp3) is 0.235. The van der Waals surface area contributed by atoms with Gasteiger partial charge in [-0.3, -0.25) is 4.79 Å². The van der Waals surface area contributed by atoms with E-state index in [2.05, 4.69) is 5.32 Å². The molecule has 0 aromatic heterocycles. The Bertz CT molecular complexity index is 640. The predicted molar refractivity (Wildman–Crippen MR) is 81.1 cm³/mol. The first-order valence-electron chi connectivity index (χ1n) is 6.87. The van der Waals surface area contributed by atoms with E-state index in [-0.39, 0.29) is 18.2 Å². The van der Waals surface area contributed by atoms with Gasteiger partial charge in [-0.25, -0.2) is 4.39 Å². The number of nitrogens with one attached hydrogen (secondary N) is 1. The Morgan fingerprint density at radius 1 is 1.24 bits per heavy atom. The van der Waals surface area contributed by atoms with Gasteiger partial charge in [-0.05, 0) is 42.7 Å². The molecule has 4 heteroatoms. The SMILES string of the molecule is CCc1ccccc1OCC(=O)Nc1cc(C)ccc1F. The second kappa shape index (κ2) is 6.88. The topological polar surface area (TPSA) is 38.3 Å². The van der Waals surface area contributed by atoms with Gasteiger partial charge in [0.05, 0.1) is 5.69 Å². The van der Waals surface area contributed by atoms with Gasteiger partial charge in [0.1, 0.15) is 11.6 Å². The number of para-hydroxylation sites is 1. The zero-order chi connectivity index (χ0) is 15.2. The molecular formula is C17H18FNO2. The number of carbonyl (C=O) groups excluding carboxylic acids is 1. The van der Waals surface area contributed by atoms with Crippen LogP contribution in [-0.4, -0.2) is 12.5 Å². The van der Waals surface area contributed by atoms with Crippen LogP contribution >= 0.6 is 0 Å². The fourth-order valence-electron chi connectivity index (χ4n) is 2.00. The van der Waals surface area contributed by atoms with Crippen molar-refractivity contribution in [3.05, 3.63) is 59.4 Å². The van der Waals surface area contributed by atoms with Gasteiger partial charge < -0.3 is 10.1 Å². The van der Waals surface area contributed by atoms with Gasteiger partial charge in [0.2, 0.25) is 0 Å². The Morgan fingerprint density at radius 2 is 2.00 bits per heavy atom. The summed E-state index contributed by atoms with van der Waals surface area (Å²) in [6.45, 7) is 3.71. The minimum absolute atomic E-state index is 0.148. The predicted octanol–water partition coefficient (Wildman–Crippen LogP) is 3.71. The Labute approximate surface area is 123 Å². The van der Waals surface area contributed by atoms with Crippen LogP contribution in [-0.2, 0) is 11.2 Å². The Kier molecular flexibility index (Phi) is 4.93. The van der Waals surface area contributed by atoms with Gasteiger partial charge >= 0.3 is 0 Å². The molecule has 1 amide bonds. The quantitative estimate of drug-likeness (QED) is 0.910. The lowest BCUT2D eigenvalue weighted by Gasteiger charge is -2.11. The summed E-state index contributed by atoms with van der Waals surface area (Å²) >= 11 is 0. The zero-order valence-corrected chi connectivity index (χ0v) is 12.2. The lowest BCUT2D eigenvalue weighted by Crippen LogP contribution is -2.21. The molecule has 2 rings (SSSR count). The van der Waals surface area contributed by atoms with Crippen molar-refractivity contribution in [1.82, 2.24) is 0 Å². The maximum atomic E-state index is 13.6. The summed E-state index contributed by atoms with van der Waals surface area (Å²) in [5.41, 5.74) is 2.09. The van der Waals surface area contributed by atoms with Crippen molar-refractivity contribution in [2.24, 2.45) is 0 Å². The fourth-order valence-corrected chi connectivity index (χ4v) is 2.00. The second-order valence-corrected chi connectivity index (χ2v) is 4.78. The van der Waals surface area contributed by atoms with Crippen LogP contribution in [0.25, 0.3) is 0 Å². The summed E-state index contributed by atoms with van der Waals surface area (Å²) in [5.74, 6) is -0.159. The average Bonchev–Trinajstić information content (AvgIpc) is 2.49. The van der Waals surface area contributed by atoms with Crippen molar-refractivity contribution in [3.63, 3.8) is 0 Å². The summed E-state index contributed by atoms with van der Waals surface area (Å²) in [6, 6.07) is 12.1. The average molecular weight is 287 g/mol. The van der Waals surface area contributed by atoms with Crippen LogP contribution in [0.5, 0.6) is 5.75 Å². The van der Waals surface area contributed by atoms with Crippen molar-refractivity contribution >= 4 is 11.6 Å². The molecule has 1 N–H and O–H groups in total. The summed E-state index contributed by atoms with van der Waals surface area (Å²) in [7, 11) is 0. The molecule has 3 nitrogen and oxygen atoms in total. The van der Waals surface area contributed by atoms with E-state index in [9.17, 15) is 9.18 Å². The summed E-state index contributed by atoms with van der Waals surface area (Å²) in [4.78, 5) is 11.8. The molecule has 0 heterocycles. The molecule has 2 aromatic rings. The van der Waals surface area contributed by atoms with Crippen molar-refractivity contribution in [2.75, 3.05) is 11.9 Å². The van der Waals surface area contributed by atoms with Gasteiger partial charge in [0.25, 0.3) is 5.91 Å². The molecule has 21 heavy (non-hydrogen) atoms. The lowest BCUT2D eigenvalue weighted by molar-refractivity contribution is -0.118. The summed E-state index contributed by atoms with van der Waals surface area (Å²) in [6.07, 6.45) is 0.824. The molecule has 0 aliphatic heterocycles. The van der Waals surface area contributed by atoms with E-state index in [0.717, 1.165) is 17.5 Å². The monoisotopic (exact) mass is 287 g/mol. The molecular weight excluding hydrogens is 269 g/mol. The molecule has 0 radical (unpaired) electrons. The standard InChI is InChI=1S/C17H18FNO2/c1-3-13-6-4-5-7-16(13)21-11-17(20)19-15-10-12(2)8-9-14(15)18/h4-10H,3,11H2,1-2H3,(H,19,20). The number of carbonyl (C=O) groups is 1. The van der Waals surface area contributed by atoms with E-state index in [1.165, 1.54) is 6.07 Å². The minimum atomic E-state index is -0.456. The number of anilines is 1. The zero-order valence-electron chi connectivity index (χ0n) is 12.2. The number of amides is 1. The van der Waals surface area contributed by atoms with E-state index in [1.807, 2.05) is 38.1 Å². The molecule has 0 saturated carbocycles. The third-order valence-electron chi connectivity index (χ3n) is 3.11. The number of halogens is 1. The maximum absolute atomic E-state index is 13.6. The van der Waals surface area contributed by atoms with Crippen LogP contribution in [0.1, 0.15) is 18.1 Å². The third kappa shape index (κ3) is 4.05. The van der Waals surface area contributed by atoms with Crippen molar-refractivity contribution in [2.45, 2.75) is 20.3 Å². The van der Waals surface area contributed by atoms with E-state index < -0.39 is 5.82 Å². The maximum Gasteiger partial charge on any atom is 0.262 e. The molecule has 0 aliphatic carbocycles. The highest BCUT2D eigenvalue weighted by atomic mass is 19.1. The van der Waals surface area contributed by atoms with Gasteiger partial charge in [-0.2, -0.15) is 0 Å². The first-order valence-corrected chi connectivity index (χ1v) is 6.87. The van der Waals surface area contributed by atoms with Crippen LogP contribution < -0.4 is 10.1 Å². The van der Waals surface area contributed by atoms with E-state index in [1.54, 1.807) is 12.1 Å². The van der Waals surface area contributed by atoms with E-state index >= 15 is 0 Å². The number of hydrogen-bond donors (Lipinski definition) is 1. The van der Waals surface area contributed by atoms with Crippen LogP contribution in [0.15, 0.2) is 42.5 Å². The summed E-state index contributed by atoms with van der Waals surface area (Å²) in [5, 5.41) is 2.52. The number of benzene rings is 2. The molecule has 0 saturated heterocycles. The van der Waals surface area contributed by atoms with Crippen molar-refractivity contribution in [3.8, 4) is 5.75 Å². The summed E-state index contributed by atoms with van der Waals surface area (Å²) < 4.78 is 19.1. The van der Waals surface area contributed by atoms with Crippen molar-refractivity contribution in [1.29, 1.82) is 0 Å². The molecule has 0 bridgehead atoms. The highest BCUT2D eigenvalue weighted by Gasteiger charge is 2.09. The van der Waals surface area contributed by atoms with Crippen LogP contribution in [0, 0.1) is 12.7 Å². The van der Waals surface area contributed by atoms with Crippen molar-refractivity contribution < 1.29 is 13.9 Å². The number of ether oxygens (including phenoxy) is 1. The smallest absolute Gasteiger partial charge is 0.262 e. The minimum Gasteiger partial charge on any atom is -0.483 e.